The summed E-state index contributed by atoms with van der Waals surface area (Å²) in [5, 5.41) is 4.10. The number of rotatable bonds is 5. The van der Waals surface area contributed by atoms with Gasteiger partial charge < -0.3 is 14.5 Å². The van der Waals surface area contributed by atoms with Crippen LogP contribution in [0.4, 0.5) is 5.69 Å². The van der Waals surface area contributed by atoms with Crippen LogP contribution in [0.5, 0.6) is 5.75 Å². The van der Waals surface area contributed by atoms with Gasteiger partial charge in [-0.3, -0.25) is 20.4 Å². The number of para-hydroxylation sites is 3. The van der Waals surface area contributed by atoms with Crippen LogP contribution in [0.25, 0.3) is 11.0 Å². The maximum Gasteiger partial charge on any atom is 0.305 e. The number of nitrogens with one attached hydrogen (secondary N) is 3. The molecule has 0 atom stereocenters. The predicted molar refractivity (Wildman–Crippen MR) is 103 cm³/mol. The largest absolute Gasteiger partial charge is 0.495 e. The molecule has 3 rings (SSSR count). The molecule has 140 valence electrons. The molecule has 0 radical (unpaired) electrons. The van der Waals surface area contributed by atoms with Crippen LogP contribution in [0, 0.1) is 6.92 Å². The third-order valence-corrected chi connectivity index (χ3v) is 4.28. The Labute approximate surface area is 160 Å². The number of benzene rings is 2. The van der Waals surface area contributed by atoms with Gasteiger partial charge in [-0.1, -0.05) is 35.9 Å². The number of hydrogen-bond donors (Lipinski definition) is 3. The van der Waals surface area contributed by atoms with Crippen molar-refractivity contribution >= 4 is 40.1 Å². The van der Waals surface area contributed by atoms with Gasteiger partial charge in [-0.25, -0.2) is 0 Å². The van der Waals surface area contributed by atoms with E-state index < -0.39 is 11.8 Å². The molecule has 0 aliphatic carbocycles. The molecule has 0 saturated carbocycles. The van der Waals surface area contributed by atoms with Crippen molar-refractivity contribution in [2.24, 2.45) is 0 Å². The van der Waals surface area contributed by atoms with E-state index in [1.807, 2.05) is 18.2 Å². The minimum absolute atomic E-state index is 0.0500. The maximum absolute atomic E-state index is 12.3. The minimum atomic E-state index is -0.564. The molecule has 0 saturated heterocycles. The van der Waals surface area contributed by atoms with E-state index in [1.54, 1.807) is 38.3 Å². The highest BCUT2D eigenvalue weighted by atomic mass is 35.5. The number of halogens is 1. The summed E-state index contributed by atoms with van der Waals surface area (Å²) in [6.07, 6.45) is 0. The number of carbonyl (C=O) groups is 2. The summed E-state index contributed by atoms with van der Waals surface area (Å²) in [7, 11) is 1.54. The summed E-state index contributed by atoms with van der Waals surface area (Å²) in [5.41, 5.74) is 6.43. The van der Waals surface area contributed by atoms with Crippen LogP contribution in [0.2, 0.25) is 5.02 Å². The van der Waals surface area contributed by atoms with Crippen LogP contribution in [0.3, 0.4) is 0 Å². The standard InChI is InChI=1S/C19H18ClN3O4/c1-11-12-6-5-7-13(20)18(12)27-17(11)19(25)23-22-16(24)10-21-14-8-3-4-9-15(14)26-2/h3-9,21H,10H2,1-2H3,(H,22,24)(H,23,25). The van der Waals surface area contributed by atoms with E-state index >= 15 is 0 Å². The van der Waals surface area contributed by atoms with E-state index in [9.17, 15) is 9.59 Å². The fourth-order valence-corrected chi connectivity index (χ4v) is 2.83. The molecule has 0 aliphatic rings. The van der Waals surface area contributed by atoms with Gasteiger partial charge in [-0.2, -0.15) is 0 Å². The van der Waals surface area contributed by atoms with Gasteiger partial charge in [-0.15, -0.1) is 0 Å². The highest BCUT2D eigenvalue weighted by Crippen LogP contribution is 2.30. The first-order valence-corrected chi connectivity index (χ1v) is 8.52. The van der Waals surface area contributed by atoms with Crippen LogP contribution in [0.15, 0.2) is 46.9 Å². The van der Waals surface area contributed by atoms with Crippen LogP contribution < -0.4 is 20.9 Å². The number of carbonyl (C=O) groups excluding carboxylic acids is 2. The van der Waals surface area contributed by atoms with Gasteiger partial charge in [0.15, 0.2) is 11.3 Å². The lowest BCUT2D eigenvalue weighted by atomic mass is 10.1. The zero-order valence-corrected chi connectivity index (χ0v) is 15.5. The fraction of sp³-hybridized carbons (Fsp3) is 0.158. The lowest BCUT2D eigenvalue weighted by Gasteiger charge is -2.11. The smallest absolute Gasteiger partial charge is 0.305 e. The third kappa shape index (κ3) is 3.98. The maximum atomic E-state index is 12.3. The average Bonchev–Trinajstić information content (AvgIpc) is 3.03. The summed E-state index contributed by atoms with van der Waals surface area (Å²) in [5.74, 6) is -0.285. The molecule has 7 nitrogen and oxygen atoms in total. The summed E-state index contributed by atoms with van der Waals surface area (Å²) in [4.78, 5) is 24.3. The molecule has 0 spiro atoms. The van der Waals surface area contributed by atoms with Crippen molar-refractivity contribution in [2.45, 2.75) is 6.92 Å². The zero-order chi connectivity index (χ0) is 19.4. The van der Waals surface area contributed by atoms with E-state index in [-0.39, 0.29) is 12.3 Å². The van der Waals surface area contributed by atoms with Crippen LogP contribution in [0.1, 0.15) is 16.1 Å². The Balaban J connectivity index is 1.60. The first-order chi connectivity index (χ1) is 13.0. The van der Waals surface area contributed by atoms with E-state index in [1.165, 1.54) is 0 Å². The molecule has 0 unspecified atom stereocenters. The highest BCUT2D eigenvalue weighted by molar-refractivity contribution is 6.35. The van der Waals surface area contributed by atoms with E-state index in [2.05, 4.69) is 16.2 Å². The number of anilines is 1. The van der Waals surface area contributed by atoms with E-state index in [0.717, 1.165) is 5.39 Å². The van der Waals surface area contributed by atoms with Crippen LogP contribution in [-0.2, 0) is 4.79 Å². The second kappa shape index (κ2) is 8.01. The molecule has 1 aromatic heterocycles. The molecule has 0 bridgehead atoms. The zero-order valence-electron chi connectivity index (χ0n) is 14.8. The van der Waals surface area contributed by atoms with E-state index in [4.69, 9.17) is 20.8 Å². The van der Waals surface area contributed by atoms with Gasteiger partial charge >= 0.3 is 5.91 Å². The van der Waals surface area contributed by atoms with Gasteiger partial charge in [0.1, 0.15) is 5.75 Å². The first-order valence-electron chi connectivity index (χ1n) is 8.15. The number of methoxy groups -OCH3 is 1. The Morgan fingerprint density at radius 1 is 1.11 bits per heavy atom. The Hall–Kier alpha value is -3.19. The number of aryl methyl sites for hydroxylation is 1. The van der Waals surface area contributed by atoms with Crippen molar-refractivity contribution in [1.82, 2.24) is 10.9 Å². The second-order valence-corrected chi connectivity index (χ2v) is 6.14. The van der Waals surface area contributed by atoms with Crippen molar-refractivity contribution < 1.29 is 18.7 Å². The van der Waals surface area contributed by atoms with Gasteiger partial charge in [0.25, 0.3) is 5.91 Å². The van der Waals surface area contributed by atoms with Crippen molar-refractivity contribution in [3.05, 3.63) is 58.8 Å². The molecule has 2 amide bonds. The number of fused-ring (bicyclic) bond motifs is 1. The molecular formula is C19H18ClN3O4. The molecule has 2 aromatic carbocycles. The Kier molecular flexibility index (Phi) is 5.52. The molecule has 8 heteroatoms. The minimum Gasteiger partial charge on any atom is -0.495 e. The number of amides is 2. The summed E-state index contributed by atoms with van der Waals surface area (Å²) < 4.78 is 10.8. The number of ether oxygens (including phenoxy) is 1. The monoisotopic (exact) mass is 387 g/mol. The van der Waals surface area contributed by atoms with Crippen molar-refractivity contribution in [3.63, 3.8) is 0 Å². The highest BCUT2D eigenvalue weighted by Gasteiger charge is 2.19. The Morgan fingerprint density at radius 2 is 1.89 bits per heavy atom. The number of hydrogen-bond acceptors (Lipinski definition) is 5. The van der Waals surface area contributed by atoms with Gasteiger partial charge in [-0.05, 0) is 25.1 Å². The molecule has 1 heterocycles. The lowest BCUT2D eigenvalue weighted by Crippen LogP contribution is -2.44. The molecule has 3 N–H and O–H groups in total. The molecule has 27 heavy (non-hydrogen) atoms. The summed E-state index contributed by atoms with van der Waals surface area (Å²) in [6.45, 7) is 1.70. The van der Waals surface area contributed by atoms with Gasteiger partial charge in [0, 0.05) is 10.9 Å². The van der Waals surface area contributed by atoms with Crippen molar-refractivity contribution in [1.29, 1.82) is 0 Å². The average molecular weight is 388 g/mol. The summed E-state index contributed by atoms with van der Waals surface area (Å²) >= 11 is 6.09. The summed E-state index contributed by atoms with van der Waals surface area (Å²) in [6, 6.07) is 12.5. The van der Waals surface area contributed by atoms with Gasteiger partial charge in [0.05, 0.1) is 24.4 Å². The topological polar surface area (TPSA) is 92.6 Å². The Bertz CT molecular complexity index is 1000. The van der Waals surface area contributed by atoms with Crippen LogP contribution in [-0.4, -0.2) is 25.5 Å². The normalized spacial score (nSPS) is 10.5. The van der Waals surface area contributed by atoms with Gasteiger partial charge in [0.2, 0.25) is 0 Å². The molecule has 0 fully saturated rings. The van der Waals surface area contributed by atoms with Crippen molar-refractivity contribution in [3.8, 4) is 5.75 Å². The number of furan rings is 1. The lowest BCUT2D eigenvalue weighted by molar-refractivity contribution is -0.120. The predicted octanol–water partition coefficient (Wildman–Crippen LogP) is 3.28. The molecule has 3 aromatic rings. The quantitative estimate of drug-likeness (QED) is 0.584. The number of hydrazine groups is 1. The Morgan fingerprint density at radius 3 is 2.63 bits per heavy atom. The van der Waals surface area contributed by atoms with Crippen LogP contribution >= 0.6 is 11.6 Å². The molecule has 0 aliphatic heterocycles. The first kappa shape index (κ1) is 18.6. The molecular weight excluding hydrogens is 370 g/mol. The fourth-order valence-electron chi connectivity index (χ4n) is 2.62. The SMILES string of the molecule is COc1ccccc1NCC(=O)NNC(=O)c1oc2c(Cl)cccc2c1C. The van der Waals surface area contributed by atoms with Crippen molar-refractivity contribution in [2.75, 3.05) is 19.0 Å². The third-order valence-electron chi connectivity index (χ3n) is 3.98. The second-order valence-electron chi connectivity index (χ2n) is 5.73. The van der Waals surface area contributed by atoms with E-state index in [0.29, 0.717) is 27.6 Å².